The zero-order valence-electron chi connectivity index (χ0n) is 12.7. The minimum absolute atomic E-state index is 0.462. The second kappa shape index (κ2) is 6.39. The average Bonchev–Trinajstić information content (AvgIpc) is 3.15. The molecule has 0 unspecified atom stereocenters. The molecule has 112 valence electrons. The van der Waals surface area contributed by atoms with Crippen LogP contribution in [0.25, 0.3) is 0 Å². The zero-order chi connectivity index (χ0) is 14.0. The number of thiophene rings is 1. The Morgan fingerprint density at radius 1 is 1.25 bits per heavy atom. The molecule has 0 spiro atoms. The molecule has 1 N–H and O–H groups in total. The molecule has 4 heteroatoms. The number of nitrogens with zero attached hydrogens (tertiary/aromatic N) is 1. The Balaban J connectivity index is 1.49. The fourth-order valence-corrected chi connectivity index (χ4v) is 4.72. The summed E-state index contributed by atoms with van der Waals surface area (Å²) >= 11 is 4.12. The van der Waals surface area contributed by atoms with E-state index >= 15 is 0 Å². The van der Waals surface area contributed by atoms with Gasteiger partial charge in [-0.15, -0.1) is 11.3 Å². The highest BCUT2D eigenvalue weighted by molar-refractivity contribution is 8.00. The van der Waals surface area contributed by atoms with Gasteiger partial charge in [-0.3, -0.25) is 4.90 Å². The van der Waals surface area contributed by atoms with Crippen molar-refractivity contribution in [3.05, 3.63) is 21.9 Å². The molecule has 1 aliphatic carbocycles. The molecular formula is C16H26N2S2. The smallest absolute Gasteiger partial charge is 0.0328 e. The van der Waals surface area contributed by atoms with Crippen molar-refractivity contribution in [2.45, 2.75) is 57.0 Å². The van der Waals surface area contributed by atoms with Gasteiger partial charge < -0.3 is 5.32 Å². The Morgan fingerprint density at radius 2 is 2.05 bits per heavy atom. The SMILES string of the molecule is CC1(C)CCN(Cc2ccc(CNC3CC3)s2)CCS1. The standard InChI is InChI=1S/C16H26N2S2/c1-16(2)7-8-18(9-10-19-16)12-15-6-5-14(20-15)11-17-13-3-4-13/h5-6,13,17H,3-4,7-12H2,1-2H3. The highest BCUT2D eigenvalue weighted by Gasteiger charge is 2.24. The van der Waals surface area contributed by atoms with Gasteiger partial charge in [0.25, 0.3) is 0 Å². The van der Waals surface area contributed by atoms with E-state index in [2.05, 4.69) is 48.0 Å². The van der Waals surface area contributed by atoms with Crippen LogP contribution in [0.15, 0.2) is 12.1 Å². The minimum Gasteiger partial charge on any atom is -0.309 e. The summed E-state index contributed by atoms with van der Waals surface area (Å²) < 4.78 is 0.462. The van der Waals surface area contributed by atoms with Crippen LogP contribution in [0.3, 0.4) is 0 Å². The second-order valence-corrected chi connectivity index (χ2v) is 9.71. The normalized spacial score (nSPS) is 23.7. The molecule has 0 aromatic carbocycles. The van der Waals surface area contributed by atoms with Crippen molar-refractivity contribution in [1.29, 1.82) is 0 Å². The van der Waals surface area contributed by atoms with Crippen molar-refractivity contribution >= 4 is 23.1 Å². The molecule has 1 aromatic rings. The van der Waals surface area contributed by atoms with Gasteiger partial charge in [-0.05, 0) is 37.9 Å². The lowest BCUT2D eigenvalue weighted by Crippen LogP contribution is -2.26. The molecule has 1 saturated carbocycles. The van der Waals surface area contributed by atoms with Crippen molar-refractivity contribution in [1.82, 2.24) is 10.2 Å². The van der Waals surface area contributed by atoms with Gasteiger partial charge in [-0.1, -0.05) is 13.8 Å². The Kier molecular flexibility index (Phi) is 4.75. The van der Waals surface area contributed by atoms with Crippen molar-refractivity contribution < 1.29 is 0 Å². The lowest BCUT2D eigenvalue weighted by atomic mass is 10.1. The Labute approximate surface area is 131 Å². The number of hydrogen-bond acceptors (Lipinski definition) is 4. The third kappa shape index (κ3) is 4.48. The highest BCUT2D eigenvalue weighted by Crippen LogP contribution is 2.31. The first kappa shape index (κ1) is 14.9. The summed E-state index contributed by atoms with van der Waals surface area (Å²) in [5, 5.41) is 3.60. The Bertz CT molecular complexity index is 437. The summed E-state index contributed by atoms with van der Waals surface area (Å²) in [6.07, 6.45) is 4.05. The van der Waals surface area contributed by atoms with Gasteiger partial charge in [0.05, 0.1) is 0 Å². The predicted octanol–water partition coefficient (Wildman–Crippen LogP) is 3.72. The molecule has 2 aliphatic rings. The summed E-state index contributed by atoms with van der Waals surface area (Å²) in [5.74, 6) is 1.27. The van der Waals surface area contributed by atoms with Crippen molar-refractivity contribution in [3.63, 3.8) is 0 Å². The van der Waals surface area contributed by atoms with Gasteiger partial charge in [0.1, 0.15) is 0 Å². The third-order valence-electron chi connectivity index (χ3n) is 4.17. The first-order valence-electron chi connectivity index (χ1n) is 7.78. The van der Waals surface area contributed by atoms with Crippen LogP contribution in [-0.4, -0.2) is 34.5 Å². The maximum Gasteiger partial charge on any atom is 0.0328 e. The van der Waals surface area contributed by atoms with Crippen LogP contribution in [0.2, 0.25) is 0 Å². The maximum atomic E-state index is 3.60. The van der Waals surface area contributed by atoms with Crippen molar-refractivity contribution in [3.8, 4) is 0 Å². The topological polar surface area (TPSA) is 15.3 Å². The lowest BCUT2D eigenvalue weighted by molar-refractivity contribution is 0.278. The fourth-order valence-electron chi connectivity index (χ4n) is 2.58. The Hall–Kier alpha value is -0.0300. The molecule has 0 atom stereocenters. The van der Waals surface area contributed by atoms with E-state index in [0.717, 1.165) is 19.1 Å². The Morgan fingerprint density at radius 3 is 2.85 bits per heavy atom. The van der Waals surface area contributed by atoms with E-state index in [1.54, 1.807) is 0 Å². The van der Waals surface area contributed by atoms with Gasteiger partial charge in [0.15, 0.2) is 0 Å². The van der Waals surface area contributed by atoms with Crippen LogP contribution in [0.1, 0.15) is 42.9 Å². The molecule has 1 aliphatic heterocycles. The summed E-state index contributed by atoms with van der Waals surface area (Å²) in [7, 11) is 0. The predicted molar refractivity (Wildman–Crippen MR) is 90.6 cm³/mol. The van der Waals surface area contributed by atoms with Crippen LogP contribution >= 0.6 is 23.1 Å². The van der Waals surface area contributed by atoms with Gasteiger partial charge in [0.2, 0.25) is 0 Å². The van der Waals surface area contributed by atoms with Crippen LogP contribution < -0.4 is 5.32 Å². The van der Waals surface area contributed by atoms with E-state index < -0.39 is 0 Å². The summed E-state index contributed by atoms with van der Waals surface area (Å²) in [5.41, 5.74) is 0. The van der Waals surface area contributed by atoms with Gasteiger partial charge >= 0.3 is 0 Å². The van der Waals surface area contributed by atoms with Crippen LogP contribution in [0.5, 0.6) is 0 Å². The zero-order valence-corrected chi connectivity index (χ0v) is 14.3. The van der Waals surface area contributed by atoms with Crippen molar-refractivity contribution in [2.24, 2.45) is 0 Å². The molecule has 0 bridgehead atoms. The first-order valence-corrected chi connectivity index (χ1v) is 9.58. The van der Waals surface area contributed by atoms with Crippen LogP contribution in [-0.2, 0) is 13.1 Å². The summed E-state index contributed by atoms with van der Waals surface area (Å²) in [4.78, 5) is 5.66. The minimum atomic E-state index is 0.462. The van der Waals surface area contributed by atoms with E-state index in [9.17, 15) is 0 Å². The fraction of sp³-hybridized carbons (Fsp3) is 0.750. The van der Waals surface area contributed by atoms with Crippen LogP contribution in [0, 0.1) is 0 Å². The van der Waals surface area contributed by atoms with Gasteiger partial charge in [0, 0.05) is 45.9 Å². The van der Waals surface area contributed by atoms with Crippen LogP contribution in [0.4, 0.5) is 0 Å². The second-order valence-electron chi connectivity index (χ2n) is 6.66. The molecule has 2 nitrogen and oxygen atoms in total. The monoisotopic (exact) mass is 310 g/mol. The molecule has 2 heterocycles. The molecule has 1 aromatic heterocycles. The maximum absolute atomic E-state index is 3.60. The van der Waals surface area contributed by atoms with E-state index in [0.29, 0.717) is 4.75 Å². The largest absolute Gasteiger partial charge is 0.309 e. The van der Waals surface area contributed by atoms with E-state index in [4.69, 9.17) is 0 Å². The number of nitrogens with one attached hydrogen (secondary N) is 1. The molecule has 1 saturated heterocycles. The quantitative estimate of drug-likeness (QED) is 0.892. The van der Waals surface area contributed by atoms with E-state index in [1.165, 1.54) is 47.9 Å². The number of rotatable bonds is 5. The molecule has 0 amide bonds. The van der Waals surface area contributed by atoms with E-state index in [1.807, 2.05) is 11.3 Å². The van der Waals surface area contributed by atoms with E-state index in [-0.39, 0.29) is 0 Å². The molecule has 20 heavy (non-hydrogen) atoms. The van der Waals surface area contributed by atoms with Gasteiger partial charge in [-0.25, -0.2) is 0 Å². The number of thioether (sulfide) groups is 1. The number of hydrogen-bond donors (Lipinski definition) is 1. The highest BCUT2D eigenvalue weighted by atomic mass is 32.2. The van der Waals surface area contributed by atoms with Crippen molar-refractivity contribution in [2.75, 3.05) is 18.8 Å². The molecular weight excluding hydrogens is 284 g/mol. The first-order chi connectivity index (χ1) is 9.61. The molecule has 2 fully saturated rings. The third-order valence-corrected chi connectivity index (χ3v) is 6.61. The lowest BCUT2D eigenvalue weighted by Gasteiger charge is -2.22. The molecule has 0 radical (unpaired) electrons. The average molecular weight is 311 g/mol. The molecule has 3 rings (SSSR count). The van der Waals surface area contributed by atoms with Gasteiger partial charge in [-0.2, -0.15) is 11.8 Å². The summed E-state index contributed by atoms with van der Waals surface area (Å²) in [6, 6.07) is 5.45. The summed E-state index contributed by atoms with van der Waals surface area (Å²) in [6.45, 7) is 9.46.